The topological polar surface area (TPSA) is 86.8 Å². The quantitative estimate of drug-likeness (QED) is 0.698. The average molecular weight is 373 g/mol. The molecule has 0 N–H and O–H groups in total. The summed E-state index contributed by atoms with van der Waals surface area (Å²) in [5.74, 6) is 0.902. The third-order valence-electron chi connectivity index (χ3n) is 5.15. The van der Waals surface area contributed by atoms with Crippen LogP contribution in [0.25, 0.3) is 0 Å². The van der Waals surface area contributed by atoms with Crippen molar-refractivity contribution in [2.45, 2.75) is 46.0 Å². The van der Waals surface area contributed by atoms with E-state index in [9.17, 15) is 15.3 Å². The van der Waals surface area contributed by atoms with E-state index in [4.69, 9.17) is 4.74 Å². The van der Waals surface area contributed by atoms with Crippen LogP contribution in [0.15, 0.2) is 18.2 Å². The molecule has 0 spiro atoms. The predicted molar refractivity (Wildman–Crippen MR) is 105 cm³/mol. The van der Waals surface area contributed by atoms with E-state index in [2.05, 4.69) is 4.98 Å². The van der Waals surface area contributed by atoms with Crippen molar-refractivity contribution in [3.05, 3.63) is 57.3 Å². The Labute approximate surface area is 165 Å². The number of pyridine rings is 1. The molecular formula is C23H23N3O2. The molecule has 1 aliphatic rings. The van der Waals surface area contributed by atoms with Crippen LogP contribution in [0.1, 0.15) is 76.5 Å². The molecule has 0 aliphatic heterocycles. The molecule has 2 aromatic rings. The zero-order valence-electron chi connectivity index (χ0n) is 16.7. The molecule has 5 heteroatoms. The van der Waals surface area contributed by atoms with Crippen LogP contribution >= 0.6 is 0 Å². The van der Waals surface area contributed by atoms with Crippen LogP contribution in [0.4, 0.5) is 0 Å². The number of nitrogens with zero attached hydrogens (tertiary/aromatic N) is 3. The van der Waals surface area contributed by atoms with Crippen LogP contribution in [0.2, 0.25) is 0 Å². The van der Waals surface area contributed by atoms with Crippen molar-refractivity contribution in [3.63, 3.8) is 0 Å². The van der Waals surface area contributed by atoms with Crippen molar-refractivity contribution in [1.29, 1.82) is 10.5 Å². The van der Waals surface area contributed by atoms with Crippen LogP contribution in [0.3, 0.4) is 0 Å². The first-order chi connectivity index (χ1) is 13.4. The second-order valence-corrected chi connectivity index (χ2v) is 7.63. The van der Waals surface area contributed by atoms with Gasteiger partial charge >= 0.3 is 0 Å². The summed E-state index contributed by atoms with van der Waals surface area (Å²) in [5, 5.41) is 18.6. The highest BCUT2D eigenvalue weighted by Crippen LogP contribution is 2.39. The number of rotatable bonds is 6. The molecule has 1 fully saturated rings. The first-order valence-corrected chi connectivity index (χ1v) is 9.46. The Morgan fingerprint density at radius 3 is 2.29 bits per heavy atom. The molecular weight excluding hydrogens is 350 g/mol. The van der Waals surface area contributed by atoms with Crippen molar-refractivity contribution in [2.24, 2.45) is 5.92 Å². The molecule has 0 bridgehead atoms. The van der Waals surface area contributed by atoms with Crippen molar-refractivity contribution in [3.8, 4) is 18.0 Å². The van der Waals surface area contributed by atoms with Gasteiger partial charge in [0.15, 0.2) is 5.78 Å². The van der Waals surface area contributed by atoms with Crippen LogP contribution in [0.5, 0.6) is 5.88 Å². The summed E-state index contributed by atoms with van der Waals surface area (Å²) in [6.45, 7) is 5.94. The third kappa shape index (κ3) is 3.75. The summed E-state index contributed by atoms with van der Waals surface area (Å²) >= 11 is 0. The molecule has 3 rings (SSSR count). The number of hydrogen-bond donors (Lipinski definition) is 0. The van der Waals surface area contributed by atoms with Gasteiger partial charge in [0.25, 0.3) is 0 Å². The maximum atomic E-state index is 13.6. The average Bonchev–Trinajstić information content (AvgIpc) is 3.51. The van der Waals surface area contributed by atoms with Gasteiger partial charge in [0.1, 0.15) is 0 Å². The van der Waals surface area contributed by atoms with Gasteiger partial charge < -0.3 is 4.74 Å². The van der Waals surface area contributed by atoms with E-state index in [1.165, 1.54) is 18.9 Å². The van der Waals surface area contributed by atoms with Gasteiger partial charge in [-0.2, -0.15) is 10.5 Å². The SMILES string of the molecule is COc1nc(C)c(CC2CC2)c(C(=O)c2cc(C#N)cc(C#N)c2)c1C(C)C. The fourth-order valence-corrected chi connectivity index (χ4v) is 3.57. The second-order valence-electron chi connectivity index (χ2n) is 7.63. The normalized spacial score (nSPS) is 13.1. The molecule has 0 unspecified atom stereocenters. The number of aryl methyl sites for hydroxylation is 1. The van der Waals surface area contributed by atoms with Gasteiger partial charge in [0.05, 0.1) is 30.4 Å². The summed E-state index contributed by atoms with van der Waals surface area (Å²) in [6, 6.07) is 8.67. The highest BCUT2D eigenvalue weighted by molar-refractivity contribution is 6.11. The van der Waals surface area contributed by atoms with Crippen LogP contribution in [-0.2, 0) is 6.42 Å². The molecule has 1 aliphatic carbocycles. The van der Waals surface area contributed by atoms with E-state index in [-0.39, 0.29) is 11.7 Å². The lowest BCUT2D eigenvalue weighted by Gasteiger charge is -2.21. The Hall–Kier alpha value is -3.18. The molecule has 1 saturated carbocycles. The van der Waals surface area contributed by atoms with Crippen molar-refractivity contribution >= 4 is 5.78 Å². The van der Waals surface area contributed by atoms with Gasteiger partial charge in [-0.25, -0.2) is 4.98 Å². The predicted octanol–water partition coefficient (Wildman–Crippen LogP) is 4.45. The van der Waals surface area contributed by atoms with E-state index in [0.29, 0.717) is 34.1 Å². The van der Waals surface area contributed by atoms with E-state index < -0.39 is 0 Å². The Morgan fingerprint density at radius 2 is 1.82 bits per heavy atom. The van der Waals surface area contributed by atoms with E-state index in [1.807, 2.05) is 32.9 Å². The molecule has 5 nitrogen and oxygen atoms in total. The van der Waals surface area contributed by atoms with Gasteiger partial charge in [0, 0.05) is 22.4 Å². The summed E-state index contributed by atoms with van der Waals surface area (Å²) in [4.78, 5) is 18.3. The minimum absolute atomic E-state index is 0.0366. The fourth-order valence-electron chi connectivity index (χ4n) is 3.57. The van der Waals surface area contributed by atoms with Crippen molar-refractivity contribution < 1.29 is 9.53 Å². The molecule has 0 amide bonds. The zero-order chi connectivity index (χ0) is 20.4. The van der Waals surface area contributed by atoms with Crippen molar-refractivity contribution in [2.75, 3.05) is 7.11 Å². The lowest BCUT2D eigenvalue weighted by Crippen LogP contribution is -2.16. The zero-order valence-corrected chi connectivity index (χ0v) is 16.7. The molecule has 0 atom stereocenters. The van der Waals surface area contributed by atoms with Crippen LogP contribution < -0.4 is 4.74 Å². The standard InChI is InChI=1S/C23H23N3O2/c1-13(2)20-21(19(10-15-5-6-15)14(3)26-23(20)28-4)22(27)18-8-16(11-24)7-17(9-18)12-25/h7-9,13,15H,5-6,10H2,1-4H3. The van der Waals surface area contributed by atoms with Gasteiger partial charge in [-0.15, -0.1) is 0 Å². The lowest BCUT2D eigenvalue weighted by atomic mass is 9.86. The fraction of sp³-hybridized carbons (Fsp3) is 0.391. The van der Waals surface area contributed by atoms with Crippen molar-refractivity contribution in [1.82, 2.24) is 4.98 Å². The minimum atomic E-state index is -0.184. The molecule has 1 aromatic carbocycles. The molecule has 0 saturated heterocycles. The molecule has 0 radical (unpaired) electrons. The maximum absolute atomic E-state index is 13.6. The molecule has 142 valence electrons. The largest absolute Gasteiger partial charge is 0.481 e. The second kappa shape index (κ2) is 7.82. The number of hydrogen-bond acceptors (Lipinski definition) is 5. The maximum Gasteiger partial charge on any atom is 0.217 e. The molecule has 1 heterocycles. The molecule has 1 aromatic heterocycles. The Bertz CT molecular complexity index is 989. The van der Waals surface area contributed by atoms with Crippen LogP contribution in [0, 0.1) is 35.5 Å². The Morgan fingerprint density at radius 1 is 1.21 bits per heavy atom. The third-order valence-corrected chi connectivity index (χ3v) is 5.15. The number of carbonyl (C=O) groups excluding carboxylic acids is 1. The summed E-state index contributed by atoms with van der Waals surface area (Å²) in [6.07, 6.45) is 3.14. The minimum Gasteiger partial charge on any atom is -0.481 e. The van der Waals surface area contributed by atoms with Gasteiger partial charge in [0.2, 0.25) is 5.88 Å². The number of nitriles is 2. The van der Waals surface area contributed by atoms with E-state index >= 15 is 0 Å². The number of methoxy groups -OCH3 is 1. The summed E-state index contributed by atoms with van der Waals surface area (Å²) in [7, 11) is 1.56. The van der Waals surface area contributed by atoms with E-state index in [0.717, 1.165) is 23.2 Å². The number of carbonyl (C=O) groups is 1. The number of aromatic nitrogens is 1. The highest BCUT2D eigenvalue weighted by Gasteiger charge is 2.30. The first-order valence-electron chi connectivity index (χ1n) is 9.46. The van der Waals surface area contributed by atoms with Gasteiger partial charge in [-0.05, 0) is 61.8 Å². The lowest BCUT2D eigenvalue weighted by molar-refractivity contribution is 0.103. The Balaban J connectivity index is 2.26. The molecule has 28 heavy (non-hydrogen) atoms. The monoisotopic (exact) mass is 373 g/mol. The summed E-state index contributed by atoms with van der Waals surface area (Å²) < 4.78 is 5.51. The van der Waals surface area contributed by atoms with Gasteiger partial charge in [-0.1, -0.05) is 13.8 Å². The smallest absolute Gasteiger partial charge is 0.217 e. The van der Waals surface area contributed by atoms with E-state index in [1.54, 1.807) is 19.2 Å². The number of benzene rings is 1. The summed E-state index contributed by atoms with van der Waals surface area (Å²) in [5.41, 5.74) is 4.11. The Kier molecular flexibility index (Phi) is 5.47. The number of ketones is 1. The van der Waals surface area contributed by atoms with Gasteiger partial charge in [-0.3, -0.25) is 4.79 Å². The van der Waals surface area contributed by atoms with Crippen LogP contribution in [-0.4, -0.2) is 17.9 Å². The number of ether oxygens (including phenoxy) is 1. The highest BCUT2D eigenvalue weighted by atomic mass is 16.5. The first kappa shape index (κ1) is 19.6.